The molecule has 1 amide bonds. The molecule has 1 heterocycles. The molecule has 0 saturated carbocycles. The van der Waals surface area contributed by atoms with Crippen molar-refractivity contribution >= 4 is 5.91 Å². The highest BCUT2D eigenvalue weighted by molar-refractivity contribution is 5.81. The molecule has 88 valence electrons. The maximum atomic E-state index is 12.1. The highest BCUT2D eigenvalue weighted by Gasteiger charge is 2.29. The predicted octanol–water partition coefficient (Wildman–Crippen LogP) is 1.15. The van der Waals surface area contributed by atoms with Gasteiger partial charge in [0.2, 0.25) is 5.91 Å². The minimum atomic E-state index is -0.303. The van der Waals surface area contributed by atoms with E-state index >= 15 is 0 Å². The molecule has 0 bridgehead atoms. The van der Waals surface area contributed by atoms with Crippen molar-refractivity contribution in [2.24, 2.45) is 5.41 Å². The van der Waals surface area contributed by atoms with Gasteiger partial charge in [0, 0.05) is 38.1 Å². The quantitative estimate of drug-likeness (QED) is 0.691. The standard InChI is InChI=1S/C11H21FN2O/c1-11(2,3)10(15)14-8-6-13(5-4-12)7-9-14/h4-9H2,1-3H3. The van der Waals surface area contributed by atoms with Crippen LogP contribution >= 0.6 is 0 Å². The van der Waals surface area contributed by atoms with Crippen LogP contribution in [0, 0.1) is 5.41 Å². The summed E-state index contributed by atoms with van der Waals surface area (Å²) in [6.45, 7) is 9.06. The van der Waals surface area contributed by atoms with Crippen molar-refractivity contribution in [2.45, 2.75) is 20.8 Å². The summed E-state index contributed by atoms with van der Waals surface area (Å²) in [5.41, 5.74) is -0.303. The van der Waals surface area contributed by atoms with E-state index in [4.69, 9.17) is 0 Å². The number of alkyl halides is 1. The lowest BCUT2D eigenvalue weighted by Crippen LogP contribution is -2.51. The number of rotatable bonds is 2. The van der Waals surface area contributed by atoms with Gasteiger partial charge in [0.25, 0.3) is 0 Å². The molecular formula is C11H21FN2O. The minimum absolute atomic E-state index is 0.197. The molecule has 1 rings (SSSR count). The van der Waals surface area contributed by atoms with Gasteiger partial charge in [-0.15, -0.1) is 0 Å². The summed E-state index contributed by atoms with van der Waals surface area (Å²) in [5.74, 6) is 0.197. The summed E-state index contributed by atoms with van der Waals surface area (Å²) >= 11 is 0. The topological polar surface area (TPSA) is 23.6 Å². The van der Waals surface area contributed by atoms with Crippen LogP contribution in [0.4, 0.5) is 4.39 Å². The fourth-order valence-corrected chi connectivity index (χ4v) is 1.77. The number of hydrogen-bond donors (Lipinski definition) is 0. The fourth-order valence-electron chi connectivity index (χ4n) is 1.77. The van der Waals surface area contributed by atoms with E-state index in [1.165, 1.54) is 0 Å². The van der Waals surface area contributed by atoms with Crippen molar-refractivity contribution in [1.29, 1.82) is 0 Å². The highest BCUT2D eigenvalue weighted by atomic mass is 19.1. The van der Waals surface area contributed by atoms with Gasteiger partial charge >= 0.3 is 0 Å². The van der Waals surface area contributed by atoms with Crippen LogP contribution in [0.1, 0.15) is 20.8 Å². The number of nitrogens with zero attached hydrogens (tertiary/aromatic N) is 2. The Labute approximate surface area is 91.2 Å². The lowest BCUT2D eigenvalue weighted by Gasteiger charge is -2.37. The van der Waals surface area contributed by atoms with Gasteiger partial charge in [-0.2, -0.15) is 0 Å². The first-order valence-corrected chi connectivity index (χ1v) is 5.53. The van der Waals surface area contributed by atoms with E-state index in [9.17, 15) is 9.18 Å². The monoisotopic (exact) mass is 216 g/mol. The molecule has 15 heavy (non-hydrogen) atoms. The van der Waals surface area contributed by atoms with Crippen molar-refractivity contribution in [3.63, 3.8) is 0 Å². The summed E-state index contributed by atoms with van der Waals surface area (Å²) in [5, 5.41) is 0. The first-order valence-electron chi connectivity index (χ1n) is 5.53. The molecule has 1 aliphatic heterocycles. The van der Waals surface area contributed by atoms with E-state index in [-0.39, 0.29) is 18.0 Å². The van der Waals surface area contributed by atoms with Gasteiger partial charge in [0.05, 0.1) is 0 Å². The molecule has 0 aromatic heterocycles. The third kappa shape index (κ3) is 3.45. The van der Waals surface area contributed by atoms with Gasteiger partial charge in [-0.05, 0) is 0 Å². The third-order valence-corrected chi connectivity index (χ3v) is 2.70. The molecule has 0 radical (unpaired) electrons. The largest absolute Gasteiger partial charge is 0.340 e. The third-order valence-electron chi connectivity index (χ3n) is 2.70. The average Bonchev–Trinajstić information content (AvgIpc) is 2.17. The van der Waals surface area contributed by atoms with Gasteiger partial charge in [0.1, 0.15) is 6.67 Å². The molecule has 1 saturated heterocycles. The average molecular weight is 216 g/mol. The first-order chi connectivity index (χ1) is 6.95. The number of carbonyl (C=O) groups excluding carboxylic acids is 1. The van der Waals surface area contributed by atoms with Crippen LogP contribution in [0.15, 0.2) is 0 Å². The van der Waals surface area contributed by atoms with E-state index in [0.717, 1.165) is 26.2 Å². The summed E-state index contributed by atoms with van der Waals surface area (Å²) in [7, 11) is 0. The molecular weight excluding hydrogens is 195 g/mol. The van der Waals surface area contributed by atoms with E-state index in [1.54, 1.807) is 0 Å². The lowest BCUT2D eigenvalue weighted by molar-refractivity contribution is -0.141. The molecule has 0 atom stereocenters. The van der Waals surface area contributed by atoms with Crippen molar-refractivity contribution in [2.75, 3.05) is 39.4 Å². The second-order valence-electron chi connectivity index (χ2n) is 5.07. The van der Waals surface area contributed by atoms with E-state index < -0.39 is 0 Å². The van der Waals surface area contributed by atoms with Gasteiger partial charge in [-0.1, -0.05) is 20.8 Å². The SMILES string of the molecule is CC(C)(C)C(=O)N1CCN(CCF)CC1. The Kier molecular flexibility index (Phi) is 4.08. The number of amides is 1. The van der Waals surface area contributed by atoms with Crippen LogP contribution in [-0.2, 0) is 4.79 Å². The first kappa shape index (κ1) is 12.4. The van der Waals surface area contributed by atoms with E-state index in [0.29, 0.717) is 6.54 Å². The van der Waals surface area contributed by atoms with E-state index in [2.05, 4.69) is 4.90 Å². The van der Waals surface area contributed by atoms with Crippen LogP contribution in [0.3, 0.4) is 0 Å². The van der Waals surface area contributed by atoms with Crippen molar-refractivity contribution < 1.29 is 9.18 Å². The van der Waals surface area contributed by atoms with Crippen molar-refractivity contribution in [3.05, 3.63) is 0 Å². The smallest absolute Gasteiger partial charge is 0.228 e. The second kappa shape index (κ2) is 4.92. The van der Waals surface area contributed by atoms with Gasteiger partial charge < -0.3 is 4.90 Å². The molecule has 0 spiro atoms. The molecule has 1 fully saturated rings. The van der Waals surface area contributed by atoms with Crippen LogP contribution in [0.25, 0.3) is 0 Å². The van der Waals surface area contributed by atoms with E-state index in [1.807, 2.05) is 25.7 Å². The fraction of sp³-hybridized carbons (Fsp3) is 0.909. The zero-order chi connectivity index (χ0) is 11.5. The predicted molar refractivity (Wildman–Crippen MR) is 58.5 cm³/mol. The summed E-state index contributed by atoms with van der Waals surface area (Å²) in [6, 6.07) is 0. The number of carbonyl (C=O) groups is 1. The minimum Gasteiger partial charge on any atom is -0.340 e. The van der Waals surface area contributed by atoms with Crippen LogP contribution in [0.5, 0.6) is 0 Å². The molecule has 4 heteroatoms. The summed E-state index contributed by atoms with van der Waals surface area (Å²) < 4.78 is 12.1. The van der Waals surface area contributed by atoms with Crippen molar-refractivity contribution in [3.8, 4) is 0 Å². The summed E-state index contributed by atoms with van der Waals surface area (Å²) in [6.07, 6.45) is 0. The normalized spacial score (nSPS) is 19.3. The maximum Gasteiger partial charge on any atom is 0.228 e. The lowest BCUT2D eigenvalue weighted by atomic mass is 9.94. The Morgan fingerprint density at radius 3 is 2.13 bits per heavy atom. The molecule has 0 N–H and O–H groups in total. The van der Waals surface area contributed by atoms with Crippen LogP contribution < -0.4 is 0 Å². The van der Waals surface area contributed by atoms with Crippen molar-refractivity contribution in [1.82, 2.24) is 9.80 Å². The highest BCUT2D eigenvalue weighted by Crippen LogP contribution is 2.18. The molecule has 0 aliphatic carbocycles. The molecule has 1 aliphatic rings. The Balaban J connectivity index is 2.41. The van der Waals surface area contributed by atoms with Crippen LogP contribution in [-0.4, -0.2) is 55.1 Å². The van der Waals surface area contributed by atoms with Gasteiger partial charge in [-0.25, -0.2) is 4.39 Å². The van der Waals surface area contributed by atoms with Gasteiger partial charge in [-0.3, -0.25) is 9.69 Å². The van der Waals surface area contributed by atoms with Crippen LogP contribution in [0.2, 0.25) is 0 Å². The number of piperazine rings is 1. The molecule has 3 nitrogen and oxygen atoms in total. The van der Waals surface area contributed by atoms with Gasteiger partial charge in [0.15, 0.2) is 0 Å². The zero-order valence-corrected chi connectivity index (χ0v) is 9.92. The Morgan fingerprint density at radius 2 is 1.73 bits per heavy atom. The molecule has 0 unspecified atom stereocenters. The molecule has 0 aromatic carbocycles. The maximum absolute atomic E-state index is 12.1. The zero-order valence-electron chi connectivity index (χ0n) is 9.92. The second-order valence-corrected chi connectivity index (χ2v) is 5.07. The number of hydrogen-bond acceptors (Lipinski definition) is 2. The Hall–Kier alpha value is -0.640. The Bertz CT molecular complexity index is 217. The number of halogens is 1. The Morgan fingerprint density at radius 1 is 1.20 bits per heavy atom. The molecule has 0 aromatic rings. The summed E-state index contributed by atoms with van der Waals surface area (Å²) in [4.78, 5) is 15.9.